The highest BCUT2D eigenvalue weighted by Gasteiger charge is 2.34. The largest absolute Gasteiger partial charge is 0.468 e. The van der Waals surface area contributed by atoms with Gasteiger partial charge in [-0.3, -0.25) is 0 Å². The first kappa shape index (κ1) is 17.5. The third-order valence-electron chi connectivity index (χ3n) is 3.98. The maximum Gasteiger partial charge on any atom is 0.214 e. The number of unbranched alkanes of at least 4 members (excludes halogenated alkanes) is 1. The third-order valence-corrected chi connectivity index (χ3v) is 8.11. The number of sulfonamides is 1. The van der Waals surface area contributed by atoms with E-state index in [2.05, 4.69) is 0 Å². The lowest BCUT2D eigenvalue weighted by atomic mass is 10.2. The zero-order valence-electron chi connectivity index (χ0n) is 12.8. The minimum absolute atomic E-state index is 0.118. The summed E-state index contributed by atoms with van der Waals surface area (Å²) in [4.78, 5) is 0. The predicted molar refractivity (Wildman–Crippen MR) is 84.6 cm³/mol. The standard InChI is InChI=1S/C14H23NO5S2/c1-2-3-11-22(18,19)15-8-6-14(7-9-15)21(16,17)12-13-5-4-10-20-13/h4-5,10,14H,2-3,6-9,11-12H2,1H3. The molecule has 2 rings (SSSR count). The van der Waals surface area contributed by atoms with E-state index in [1.54, 1.807) is 12.1 Å². The maximum atomic E-state index is 12.4. The zero-order valence-corrected chi connectivity index (χ0v) is 14.4. The van der Waals surface area contributed by atoms with Gasteiger partial charge in [-0.05, 0) is 31.4 Å². The molecule has 0 amide bonds. The second-order valence-corrected chi connectivity index (χ2v) is 10.0. The van der Waals surface area contributed by atoms with Crippen molar-refractivity contribution in [3.05, 3.63) is 24.2 Å². The van der Waals surface area contributed by atoms with Crippen LogP contribution in [0.15, 0.2) is 22.8 Å². The van der Waals surface area contributed by atoms with Crippen LogP contribution in [-0.4, -0.2) is 45.2 Å². The lowest BCUT2D eigenvalue weighted by molar-refractivity contribution is 0.344. The van der Waals surface area contributed by atoms with Crippen molar-refractivity contribution >= 4 is 19.9 Å². The molecule has 0 atom stereocenters. The molecule has 0 spiro atoms. The maximum absolute atomic E-state index is 12.4. The van der Waals surface area contributed by atoms with Crippen LogP contribution in [0.1, 0.15) is 38.4 Å². The van der Waals surface area contributed by atoms with Gasteiger partial charge in [-0.15, -0.1) is 0 Å². The van der Waals surface area contributed by atoms with E-state index >= 15 is 0 Å². The number of nitrogens with zero attached hydrogens (tertiary/aromatic N) is 1. The molecule has 0 unspecified atom stereocenters. The number of hydrogen-bond acceptors (Lipinski definition) is 5. The van der Waals surface area contributed by atoms with Crippen molar-refractivity contribution in [3.63, 3.8) is 0 Å². The third kappa shape index (κ3) is 4.33. The molecule has 0 aromatic carbocycles. The molecule has 0 radical (unpaired) electrons. The Kier molecular flexibility index (Phi) is 5.68. The molecule has 6 nitrogen and oxygen atoms in total. The van der Waals surface area contributed by atoms with Gasteiger partial charge in [0, 0.05) is 13.1 Å². The van der Waals surface area contributed by atoms with E-state index in [1.807, 2.05) is 6.92 Å². The molecule has 1 saturated heterocycles. The van der Waals surface area contributed by atoms with Crippen LogP contribution in [0.3, 0.4) is 0 Å². The van der Waals surface area contributed by atoms with Gasteiger partial charge in [0.05, 0.1) is 17.3 Å². The van der Waals surface area contributed by atoms with Crippen molar-refractivity contribution in [3.8, 4) is 0 Å². The molecule has 2 heterocycles. The predicted octanol–water partition coefficient (Wildman–Crippen LogP) is 1.79. The lowest BCUT2D eigenvalue weighted by Gasteiger charge is -2.30. The first-order chi connectivity index (χ1) is 10.3. The monoisotopic (exact) mass is 349 g/mol. The molecule has 22 heavy (non-hydrogen) atoms. The molecule has 0 N–H and O–H groups in total. The Labute approximate surface area is 132 Å². The molecule has 0 aliphatic carbocycles. The fraction of sp³-hybridized carbons (Fsp3) is 0.714. The molecule has 1 aliphatic heterocycles. The summed E-state index contributed by atoms with van der Waals surface area (Å²) in [5, 5.41) is -0.491. The smallest absolute Gasteiger partial charge is 0.214 e. The fourth-order valence-electron chi connectivity index (χ4n) is 2.64. The van der Waals surface area contributed by atoms with Gasteiger partial charge in [0.25, 0.3) is 0 Å². The minimum atomic E-state index is -3.31. The molecule has 126 valence electrons. The van der Waals surface area contributed by atoms with Crippen LogP contribution in [0.25, 0.3) is 0 Å². The van der Waals surface area contributed by atoms with E-state index in [0.717, 1.165) is 6.42 Å². The second kappa shape index (κ2) is 7.14. The van der Waals surface area contributed by atoms with Gasteiger partial charge in [-0.2, -0.15) is 0 Å². The highest BCUT2D eigenvalue weighted by molar-refractivity contribution is 7.91. The van der Waals surface area contributed by atoms with Crippen molar-refractivity contribution in [2.75, 3.05) is 18.8 Å². The van der Waals surface area contributed by atoms with Gasteiger partial charge >= 0.3 is 0 Å². The zero-order chi connectivity index (χ0) is 16.2. The Morgan fingerprint density at radius 2 is 1.91 bits per heavy atom. The van der Waals surface area contributed by atoms with Gasteiger partial charge in [-0.1, -0.05) is 13.3 Å². The van der Waals surface area contributed by atoms with Crippen molar-refractivity contribution in [1.82, 2.24) is 4.31 Å². The van der Waals surface area contributed by atoms with Gasteiger partial charge in [0.15, 0.2) is 9.84 Å². The summed E-state index contributed by atoms with van der Waals surface area (Å²) in [6, 6.07) is 3.30. The molecule has 8 heteroatoms. The number of furan rings is 1. The number of hydrogen-bond donors (Lipinski definition) is 0. The molecule has 1 aromatic rings. The topological polar surface area (TPSA) is 84.7 Å². The first-order valence-corrected chi connectivity index (χ1v) is 10.9. The Hall–Kier alpha value is -0.860. The highest BCUT2D eigenvalue weighted by Crippen LogP contribution is 2.23. The van der Waals surface area contributed by atoms with E-state index in [4.69, 9.17) is 4.42 Å². The van der Waals surface area contributed by atoms with Crippen LogP contribution < -0.4 is 0 Å². The average Bonchev–Trinajstić information content (AvgIpc) is 2.97. The SMILES string of the molecule is CCCCS(=O)(=O)N1CCC(S(=O)(=O)Cc2ccco2)CC1. The Morgan fingerprint density at radius 3 is 2.45 bits per heavy atom. The Balaban J connectivity index is 1.94. The van der Waals surface area contributed by atoms with Crippen molar-refractivity contribution < 1.29 is 21.3 Å². The van der Waals surface area contributed by atoms with E-state index in [0.29, 0.717) is 25.0 Å². The van der Waals surface area contributed by atoms with Gasteiger partial charge in [0.1, 0.15) is 11.5 Å². The minimum Gasteiger partial charge on any atom is -0.468 e. The molecule has 0 saturated carbocycles. The van der Waals surface area contributed by atoms with Crippen molar-refractivity contribution in [2.24, 2.45) is 0 Å². The van der Waals surface area contributed by atoms with Gasteiger partial charge < -0.3 is 4.42 Å². The molecule has 1 aliphatic rings. The summed E-state index contributed by atoms with van der Waals surface area (Å²) in [7, 11) is -6.55. The van der Waals surface area contributed by atoms with Crippen molar-refractivity contribution in [1.29, 1.82) is 0 Å². The summed E-state index contributed by atoms with van der Waals surface area (Å²) in [6.45, 7) is 2.52. The van der Waals surface area contributed by atoms with E-state index in [1.165, 1.54) is 10.6 Å². The lowest BCUT2D eigenvalue weighted by Crippen LogP contribution is -2.43. The van der Waals surface area contributed by atoms with E-state index in [9.17, 15) is 16.8 Å². The highest BCUT2D eigenvalue weighted by atomic mass is 32.2. The summed E-state index contributed by atoms with van der Waals surface area (Å²) in [6.07, 6.45) is 3.63. The van der Waals surface area contributed by atoms with E-state index in [-0.39, 0.29) is 24.6 Å². The molecule has 1 fully saturated rings. The summed E-state index contributed by atoms with van der Waals surface area (Å²) >= 11 is 0. The molecule has 1 aromatic heterocycles. The normalized spacial score (nSPS) is 18.6. The Bertz CT molecular complexity index is 656. The van der Waals surface area contributed by atoms with Crippen molar-refractivity contribution in [2.45, 2.75) is 43.6 Å². The number of sulfone groups is 1. The van der Waals surface area contributed by atoms with Crippen LogP contribution in [-0.2, 0) is 25.6 Å². The summed E-state index contributed by atoms with van der Waals surface area (Å²) < 4.78 is 55.5. The molecule has 0 bridgehead atoms. The quantitative estimate of drug-likeness (QED) is 0.749. The fourth-order valence-corrected chi connectivity index (χ4v) is 6.04. The molecular formula is C14H23NO5S2. The second-order valence-electron chi connectivity index (χ2n) is 5.65. The van der Waals surface area contributed by atoms with E-state index < -0.39 is 25.1 Å². The first-order valence-electron chi connectivity index (χ1n) is 7.57. The number of rotatable bonds is 7. The molecular weight excluding hydrogens is 326 g/mol. The van der Waals surface area contributed by atoms with Crippen LogP contribution in [0, 0.1) is 0 Å². The van der Waals surface area contributed by atoms with Gasteiger partial charge in [-0.25, -0.2) is 21.1 Å². The van der Waals surface area contributed by atoms with Crippen LogP contribution >= 0.6 is 0 Å². The summed E-state index contributed by atoms with van der Waals surface area (Å²) in [5.41, 5.74) is 0. The average molecular weight is 349 g/mol. The van der Waals surface area contributed by atoms with Crippen LogP contribution in [0.4, 0.5) is 0 Å². The van der Waals surface area contributed by atoms with Gasteiger partial charge in [0.2, 0.25) is 10.0 Å². The summed E-state index contributed by atoms with van der Waals surface area (Å²) in [5.74, 6) is 0.457. The van der Waals surface area contributed by atoms with Crippen LogP contribution in [0.2, 0.25) is 0 Å². The Morgan fingerprint density at radius 1 is 1.23 bits per heavy atom. The van der Waals surface area contributed by atoms with Crippen LogP contribution in [0.5, 0.6) is 0 Å². The number of piperidine rings is 1.